The second kappa shape index (κ2) is 10.5. The summed E-state index contributed by atoms with van der Waals surface area (Å²) in [5.41, 5.74) is 2.33. The molecular weight excluding hydrogens is 342 g/mol. The van der Waals surface area contributed by atoms with Gasteiger partial charge in [0.15, 0.2) is 5.96 Å². The van der Waals surface area contributed by atoms with E-state index >= 15 is 0 Å². The highest BCUT2D eigenvalue weighted by Gasteiger charge is 2.21. The predicted octanol–water partition coefficient (Wildman–Crippen LogP) is 2.50. The Labute approximate surface area is 162 Å². The normalized spacial score (nSPS) is 19.9. The fourth-order valence-corrected chi connectivity index (χ4v) is 3.04. The minimum absolute atomic E-state index is 0.497. The Morgan fingerprint density at radius 1 is 1.19 bits per heavy atom. The summed E-state index contributed by atoms with van der Waals surface area (Å²) in [4.78, 5) is 4.29. The average Bonchev–Trinajstić information content (AvgIpc) is 3.35. The summed E-state index contributed by atoms with van der Waals surface area (Å²) < 4.78 is 17.2. The second-order valence-electron chi connectivity index (χ2n) is 7.52. The van der Waals surface area contributed by atoms with Gasteiger partial charge in [0.25, 0.3) is 0 Å². The summed E-state index contributed by atoms with van der Waals surface area (Å²) in [5.74, 6) is 3.02. The summed E-state index contributed by atoms with van der Waals surface area (Å²) in [7, 11) is 1.78. The summed E-state index contributed by atoms with van der Waals surface area (Å²) in [6.07, 6.45) is 3.73. The van der Waals surface area contributed by atoms with Crippen LogP contribution in [0, 0.1) is 18.8 Å². The Balaban J connectivity index is 1.43. The number of rotatable bonds is 10. The largest absolute Gasteiger partial charge is 0.493 e. The van der Waals surface area contributed by atoms with Gasteiger partial charge in [-0.25, -0.2) is 0 Å². The SMILES string of the molecule is CN=C(NCCOCC1CC1)NCc1ccc(C)cc1OCC1CCOC1. The minimum Gasteiger partial charge on any atom is -0.493 e. The molecule has 1 heterocycles. The zero-order valence-electron chi connectivity index (χ0n) is 16.6. The summed E-state index contributed by atoms with van der Waals surface area (Å²) in [6.45, 7) is 7.47. The van der Waals surface area contributed by atoms with Crippen LogP contribution in [0.2, 0.25) is 0 Å². The van der Waals surface area contributed by atoms with Crippen molar-refractivity contribution in [3.8, 4) is 5.75 Å². The lowest BCUT2D eigenvalue weighted by Gasteiger charge is -2.17. The molecule has 27 heavy (non-hydrogen) atoms. The summed E-state index contributed by atoms with van der Waals surface area (Å²) in [5, 5.41) is 6.66. The molecular formula is C21H33N3O3. The molecule has 1 atom stereocenters. The molecule has 1 aliphatic heterocycles. The first-order valence-corrected chi connectivity index (χ1v) is 10.1. The molecule has 0 radical (unpaired) electrons. The fourth-order valence-electron chi connectivity index (χ4n) is 3.04. The molecule has 1 aromatic rings. The van der Waals surface area contributed by atoms with Crippen LogP contribution in [0.4, 0.5) is 0 Å². The van der Waals surface area contributed by atoms with E-state index in [0.717, 1.165) is 56.0 Å². The molecule has 0 bridgehead atoms. The van der Waals surface area contributed by atoms with Crippen LogP contribution in [-0.4, -0.2) is 52.6 Å². The Bertz CT molecular complexity index is 611. The van der Waals surface area contributed by atoms with Gasteiger partial charge in [-0.2, -0.15) is 0 Å². The number of ether oxygens (including phenoxy) is 3. The van der Waals surface area contributed by atoms with Gasteiger partial charge in [-0.05, 0) is 43.7 Å². The van der Waals surface area contributed by atoms with Crippen molar-refractivity contribution in [3.63, 3.8) is 0 Å². The lowest BCUT2D eigenvalue weighted by molar-refractivity contribution is 0.129. The van der Waals surface area contributed by atoms with Crippen molar-refractivity contribution in [3.05, 3.63) is 29.3 Å². The second-order valence-corrected chi connectivity index (χ2v) is 7.52. The molecule has 150 valence electrons. The molecule has 1 unspecified atom stereocenters. The molecule has 6 nitrogen and oxygen atoms in total. The van der Waals surface area contributed by atoms with Crippen LogP contribution in [0.5, 0.6) is 5.75 Å². The first-order chi connectivity index (χ1) is 13.2. The van der Waals surface area contributed by atoms with Crippen LogP contribution >= 0.6 is 0 Å². The Hall–Kier alpha value is -1.79. The van der Waals surface area contributed by atoms with E-state index in [0.29, 0.717) is 25.7 Å². The molecule has 1 saturated heterocycles. The monoisotopic (exact) mass is 375 g/mol. The molecule has 3 rings (SSSR count). The first-order valence-electron chi connectivity index (χ1n) is 10.1. The van der Waals surface area contributed by atoms with Gasteiger partial charge in [0, 0.05) is 44.8 Å². The molecule has 0 amide bonds. The van der Waals surface area contributed by atoms with E-state index in [9.17, 15) is 0 Å². The van der Waals surface area contributed by atoms with Gasteiger partial charge in [0.1, 0.15) is 5.75 Å². The van der Waals surface area contributed by atoms with Gasteiger partial charge in [-0.3, -0.25) is 4.99 Å². The summed E-state index contributed by atoms with van der Waals surface area (Å²) in [6, 6.07) is 6.34. The number of nitrogens with one attached hydrogen (secondary N) is 2. The fraction of sp³-hybridized carbons (Fsp3) is 0.667. The Morgan fingerprint density at radius 3 is 2.81 bits per heavy atom. The van der Waals surface area contributed by atoms with E-state index in [1.165, 1.54) is 18.4 Å². The van der Waals surface area contributed by atoms with Crippen LogP contribution in [0.15, 0.2) is 23.2 Å². The molecule has 1 saturated carbocycles. The van der Waals surface area contributed by atoms with Crippen LogP contribution in [-0.2, 0) is 16.0 Å². The molecule has 2 fully saturated rings. The lowest BCUT2D eigenvalue weighted by atomic mass is 10.1. The molecule has 0 aromatic heterocycles. The van der Waals surface area contributed by atoms with E-state index in [2.05, 4.69) is 40.7 Å². The first kappa shape index (κ1) is 20.0. The molecule has 2 aliphatic rings. The number of benzene rings is 1. The van der Waals surface area contributed by atoms with Crippen LogP contribution < -0.4 is 15.4 Å². The number of hydrogen-bond donors (Lipinski definition) is 2. The van der Waals surface area contributed by atoms with E-state index in [1.807, 2.05) is 0 Å². The third-order valence-electron chi connectivity index (χ3n) is 4.98. The molecule has 1 aliphatic carbocycles. The van der Waals surface area contributed by atoms with E-state index in [1.54, 1.807) is 7.05 Å². The van der Waals surface area contributed by atoms with Crippen LogP contribution in [0.1, 0.15) is 30.4 Å². The molecule has 1 aromatic carbocycles. The van der Waals surface area contributed by atoms with Crippen LogP contribution in [0.25, 0.3) is 0 Å². The van der Waals surface area contributed by atoms with Gasteiger partial charge in [0.2, 0.25) is 0 Å². The van der Waals surface area contributed by atoms with Crippen molar-refractivity contribution in [2.24, 2.45) is 16.8 Å². The van der Waals surface area contributed by atoms with Crippen LogP contribution in [0.3, 0.4) is 0 Å². The minimum atomic E-state index is 0.497. The zero-order valence-corrected chi connectivity index (χ0v) is 16.6. The average molecular weight is 376 g/mol. The van der Waals surface area contributed by atoms with Gasteiger partial charge in [0.05, 0.1) is 19.8 Å². The maximum Gasteiger partial charge on any atom is 0.191 e. The van der Waals surface area contributed by atoms with Crippen molar-refractivity contribution >= 4 is 5.96 Å². The van der Waals surface area contributed by atoms with E-state index < -0.39 is 0 Å². The quantitative estimate of drug-likeness (QED) is 0.374. The number of guanidine groups is 1. The third kappa shape index (κ3) is 7.03. The highest BCUT2D eigenvalue weighted by molar-refractivity contribution is 5.79. The van der Waals surface area contributed by atoms with Crippen molar-refractivity contribution in [2.45, 2.75) is 32.7 Å². The van der Waals surface area contributed by atoms with Crippen molar-refractivity contribution in [2.75, 3.05) is 46.6 Å². The van der Waals surface area contributed by atoms with Gasteiger partial charge in [-0.15, -0.1) is 0 Å². The van der Waals surface area contributed by atoms with Crippen molar-refractivity contribution < 1.29 is 14.2 Å². The predicted molar refractivity (Wildman–Crippen MR) is 107 cm³/mol. The zero-order chi connectivity index (χ0) is 18.9. The number of nitrogens with zero attached hydrogens (tertiary/aromatic N) is 1. The van der Waals surface area contributed by atoms with E-state index in [4.69, 9.17) is 14.2 Å². The molecule has 0 spiro atoms. The maximum absolute atomic E-state index is 6.11. The smallest absolute Gasteiger partial charge is 0.191 e. The Kier molecular flexibility index (Phi) is 7.78. The topological polar surface area (TPSA) is 64.1 Å². The maximum atomic E-state index is 6.11. The van der Waals surface area contributed by atoms with Crippen molar-refractivity contribution in [1.29, 1.82) is 0 Å². The third-order valence-corrected chi connectivity index (χ3v) is 4.98. The van der Waals surface area contributed by atoms with Crippen molar-refractivity contribution in [1.82, 2.24) is 10.6 Å². The van der Waals surface area contributed by atoms with E-state index in [-0.39, 0.29) is 0 Å². The lowest BCUT2D eigenvalue weighted by Crippen LogP contribution is -2.38. The molecule has 2 N–H and O–H groups in total. The number of aryl methyl sites for hydroxylation is 1. The summed E-state index contributed by atoms with van der Waals surface area (Å²) >= 11 is 0. The van der Waals surface area contributed by atoms with Gasteiger partial charge < -0.3 is 24.8 Å². The number of hydrogen-bond acceptors (Lipinski definition) is 4. The standard InChI is InChI=1S/C21H33N3O3/c1-16-3-6-19(20(11-16)27-15-18-7-9-25-14-18)12-24-21(22-2)23-8-10-26-13-17-4-5-17/h3,6,11,17-18H,4-5,7-10,12-15H2,1-2H3,(H2,22,23,24). The number of aliphatic imine (C=N–C) groups is 1. The highest BCUT2D eigenvalue weighted by atomic mass is 16.5. The Morgan fingerprint density at radius 2 is 2.07 bits per heavy atom. The molecule has 6 heteroatoms. The van der Waals surface area contributed by atoms with Gasteiger partial charge >= 0.3 is 0 Å². The highest BCUT2D eigenvalue weighted by Crippen LogP contribution is 2.28. The van der Waals surface area contributed by atoms with Gasteiger partial charge in [-0.1, -0.05) is 12.1 Å².